The van der Waals surface area contributed by atoms with Crippen LogP contribution in [0.15, 0.2) is 18.5 Å². The Morgan fingerprint density at radius 3 is 3.00 bits per heavy atom. The number of carbonyl (C=O) groups is 1. The van der Waals surface area contributed by atoms with Crippen LogP contribution in [0, 0.1) is 11.8 Å². The molecule has 0 aliphatic heterocycles. The first-order valence-electron chi connectivity index (χ1n) is 6.28. The van der Waals surface area contributed by atoms with E-state index in [9.17, 15) is 4.79 Å². The highest BCUT2D eigenvalue weighted by molar-refractivity contribution is 5.94. The van der Waals surface area contributed by atoms with Crippen LogP contribution in [0.4, 0.5) is 0 Å². The van der Waals surface area contributed by atoms with Crippen LogP contribution < -0.4 is 11.1 Å². The van der Waals surface area contributed by atoms with Crippen LogP contribution in [0.3, 0.4) is 0 Å². The summed E-state index contributed by atoms with van der Waals surface area (Å²) in [5.41, 5.74) is 6.52. The number of hydrogen-bond donors (Lipinski definition) is 2. The Labute approximate surface area is 114 Å². The highest BCUT2D eigenvalue weighted by Crippen LogP contribution is 2.01. The minimum atomic E-state index is -0.131. The lowest BCUT2D eigenvalue weighted by molar-refractivity contribution is 0.0949. The van der Waals surface area contributed by atoms with Crippen molar-refractivity contribution in [2.24, 2.45) is 5.73 Å². The van der Waals surface area contributed by atoms with Gasteiger partial charge in [-0.2, -0.15) is 0 Å². The fourth-order valence-electron chi connectivity index (χ4n) is 1.41. The fraction of sp³-hybridized carbons (Fsp3) is 0.429. The zero-order valence-electron chi connectivity index (χ0n) is 11.4. The number of likely N-dealkylation sites (N-methyl/N-ethyl adjacent to an activating group) is 1. The quantitative estimate of drug-likeness (QED) is 0.735. The van der Waals surface area contributed by atoms with Crippen LogP contribution in [0.2, 0.25) is 0 Å². The van der Waals surface area contributed by atoms with Crippen LogP contribution in [0.25, 0.3) is 0 Å². The van der Waals surface area contributed by atoms with Crippen LogP contribution >= 0.6 is 0 Å². The van der Waals surface area contributed by atoms with Crippen molar-refractivity contribution in [3.8, 4) is 11.8 Å². The second-order valence-corrected chi connectivity index (χ2v) is 4.12. The molecule has 1 heterocycles. The lowest BCUT2D eigenvalue weighted by Gasteiger charge is -2.13. The van der Waals surface area contributed by atoms with E-state index in [0.717, 1.165) is 13.1 Å². The third kappa shape index (κ3) is 5.51. The number of pyridine rings is 1. The molecule has 0 saturated carbocycles. The van der Waals surface area contributed by atoms with Crippen LogP contribution in [0.1, 0.15) is 22.8 Å². The molecule has 1 aromatic heterocycles. The van der Waals surface area contributed by atoms with Crippen molar-refractivity contribution in [1.82, 2.24) is 15.2 Å². The predicted octanol–water partition coefficient (Wildman–Crippen LogP) is 0.0733. The van der Waals surface area contributed by atoms with E-state index >= 15 is 0 Å². The van der Waals surface area contributed by atoms with E-state index in [2.05, 4.69) is 34.0 Å². The zero-order valence-corrected chi connectivity index (χ0v) is 11.4. The second kappa shape index (κ2) is 8.25. The Bertz CT molecular complexity index is 476. The monoisotopic (exact) mass is 260 g/mol. The van der Waals surface area contributed by atoms with Crippen molar-refractivity contribution in [3.63, 3.8) is 0 Å². The lowest BCUT2D eigenvalue weighted by Crippen LogP contribution is -2.32. The first kappa shape index (κ1) is 15.2. The van der Waals surface area contributed by atoms with Gasteiger partial charge in [-0.3, -0.25) is 9.78 Å². The maximum atomic E-state index is 11.9. The Hall–Kier alpha value is -1.90. The molecular formula is C14H20N4O. The number of nitrogens with zero attached hydrogens (tertiary/aromatic N) is 2. The number of hydrogen-bond acceptors (Lipinski definition) is 4. The van der Waals surface area contributed by atoms with E-state index in [1.807, 2.05) is 7.05 Å². The van der Waals surface area contributed by atoms with Gasteiger partial charge in [0.25, 0.3) is 5.91 Å². The summed E-state index contributed by atoms with van der Waals surface area (Å²) in [6.45, 7) is 4.76. The Balaban J connectivity index is 2.57. The Kier molecular flexibility index (Phi) is 6.58. The number of aromatic nitrogens is 1. The predicted molar refractivity (Wildman–Crippen MR) is 75.7 cm³/mol. The molecule has 0 fully saturated rings. The smallest absolute Gasteiger partial charge is 0.252 e. The fourth-order valence-corrected chi connectivity index (χ4v) is 1.41. The molecule has 0 aliphatic carbocycles. The normalized spacial score (nSPS) is 9.89. The van der Waals surface area contributed by atoms with Crippen molar-refractivity contribution in [1.29, 1.82) is 0 Å². The van der Waals surface area contributed by atoms with E-state index in [1.165, 1.54) is 6.20 Å². The van der Waals surface area contributed by atoms with E-state index < -0.39 is 0 Å². The third-order valence-electron chi connectivity index (χ3n) is 2.65. The first-order chi connectivity index (χ1) is 9.17. The maximum absolute atomic E-state index is 11.9. The van der Waals surface area contributed by atoms with Crippen LogP contribution in [-0.2, 0) is 0 Å². The first-order valence-corrected chi connectivity index (χ1v) is 6.28. The standard InChI is InChI=1S/C14H20N4O/c1-3-18(2)8-7-17-14(19)13-9-12(5-4-6-15)10-16-11-13/h9-11H,3,6-8,15H2,1-2H3,(H,17,19). The van der Waals surface area contributed by atoms with Crippen molar-refractivity contribution in [2.45, 2.75) is 6.92 Å². The van der Waals surface area contributed by atoms with E-state index in [4.69, 9.17) is 5.73 Å². The minimum Gasteiger partial charge on any atom is -0.351 e. The van der Waals surface area contributed by atoms with Gasteiger partial charge in [0.2, 0.25) is 0 Å². The molecule has 0 bridgehead atoms. The Morgan fingerprint density at radius 2 is 2.32 bits per heavy atom. The van der Waals surface area contributed by atoms with Gasteiger partial charge in [0.05, 0.1) is 12.1 Å². The van der Waals surface area contributed by atoms with E-state index in [0.29, 0.717) is 24.2 Å². The van der Waals surface area contributed by atoms with Gasteiger partial charge in [0.1, 0.15) is 0 Å². The SMILES string of the molecule is CCN(C)CCNC(=O)c1cncc(C#CCN)c1. The van der Waals surface area contributed by atoms with Gasteiger partial charge in [-0.1, -0.05) is 18.8 Å². The number of nitrogens with one attached hydrogen (secondary N) is 1. The summed E-state index contributed by atoms with van der Waals surface area (Å²) in [5.74, 6) is 5.46. The zero-order chi connectivity index (χ0) is 14.1. The average molecular weight is 260 g/mol. The van der Waals surface area contributed by atoms with Crippen LogP contribution in [0.5, 0.6) is 0 Å². The number of amides is 1. The molecule has 0 atom stereocenters. The van der Waals surface area contributed by atoms with Gasteiger partial charge in [-0.25, -0.2) is 0 Å². The molecule has 0 unspecified atom stereocenters. The highest BCUT2D eigenvalue weighted by atomic mass is 16.1. The Morgan fingerprint density at radius 1 is 1.53 bits per heavy atom. The van der Waals surface area contributed by atoms with Crippen molar-refractivity contribution < 1.29 is 4.79 Å². The summed E-state index contributed by atoms with van der Waals surface area (Å²) in [4.78, 5) is 18.0. The molecule has 5 nitrogen and oxygen atoms in total. The summed E-state index contributed by atoms with van der Waals surface area (Å²) < 4.78 is 0. The van der Waals surface area contributed by atoms with Crippen LogP contribution in [-0.4, -0.2) is 49.0 Å². The second-order valence-electron chi connectivity index (χ2n) is 4.12. The summed E-state index contributed by atoms with van der Waals surface area (Å²) in [7, 11) is 2.01. The average Bonchev–Trinajstić information content (AvgIpc) is 2.45. The molecule has 0 aromatic carbocycles. The van der Waals surface area contributed by atoms with Gasteiger partial charge in [0, 0.05) is 31.0 Å². The van der Waals surface area contributed by atoms with Gasteiger partial charge in [-0.05, 0) is 19.7 Å². The number of rotatable bonds is 5. The molecule has 0 aliphatic rings. The molecule has 1 aromatic rings. The number of carbonyl (C=O) groups excluding carboxylic acids is 1. The maximum Gasteiger partial charge on any atom is 0.252 e. The summed E-state index contributed by atoms with van der Waals surface area (Å²) in [5, 5.41) is 2.85. The van der Waals surface area contributed by atoms with Crippen molar-refractivity contribution >= 4 is 5.91 Å². The molecule has 5 heteroatoms. The molecule has 19 heavy (non-hydrogen) atoms. The molecule has 3 N–H and O–H groups in total. The van der Waals surface area contributed by atoms with Gasteiger partial charge in [-0.15, -0.1) is 0 Å². The van der Waals surface area contributed by atoms with Crippen molar-refractivity contribution in [3.05, 3.63) is 29.6 Å². The largest absolute Gasteiger partial charge is 0.351 e. The molecule has 102 valence electrons. The summed E-state index contributed by atoms with van der Waals surface area (Å²) >= 11 is 0. The lowest BCUT2D eigenvalue weighted by atomic mass is 10.2. The van der Waals surface area contributed by atoms with E-state index in [-0.39, 0.29) is 5.91 Å². The van der Waals surface area contributed by atoms with Gasteiger partial charge in [0.15, 0.2) is 0 Å². The third-order valence-corrected chi connectivity index (χ3v) is 2.65. The number of nitrogens with two attached hydrogens (primary N) is 1. The molecule has 0 spiro atoms. The highest BCUT2D eigenvalue weighted by Gasteiger charge is 2.06. The minimum absolute atomic E-state index is 0.131. The summed E-state index contributed by atoms with van der Waals surface area (Å²) in [6.07, 6.45) is 3.15. The molecule has 1 rings (SSSR count). The van der Waals surface area contributed by atoms with Crippen molar-refractivity contribution in [2.75, 3.05) is 33.2 Å². The molecular weight excluding hydrogens is 240 g/mol. The molecule has 1 amide bonds. The molecule has 0 radical (unpaired) electrons. The summed E-state index contributed by atoms with van der Waals surface area (Å²) in [6, 6.07) is 1.72. The molecule has 0 saturated heterocycles. The van der Waals surface area contributed by atoms with E-state index in [1.54, 1.807) is 12.3 Å². The van der Waals surface area contributed by atoms with Gasteiger partial charge >= 0.3 is 0 Å². The topological polar surface area (TPSA) is 71.2 Å². The van der Waals surface area contributed by atoms with Gasteiger partial charge < -0.3 is 16.0 Å².